The minimum Gasteiger partial charge on any atom is -0.507 e. The van der Waals surface area contributed by atoms with Gasteiger partial charge in [-0.15, -0.1) is 0 Å². The summed E-state index contributed by atoms with van der Waals surface area (Å²) >= 11 is 0. The van der Waals surface area contributed by atoms with E-state index in [-0.39, 0.29) is 78.9 Å². The Bertz CT molecular complexity index is 3310. The number of phenolic OH excluding ortho intramolecular Hbond substituents is 1. The van der Waals surface area contributed by atoms with Gasteiger partial charge in [0.2, 0.25) is 5.91 Å². The molecule has 2 amide bonds. The van der Waals surface area contributed by atoms with E-state index in [1.165, 1.54) is 66.7 Å². The Hall–Kier alpha value is -8.79. The maximum absolute atomic E-state index is 13.4. The fourth-order valence-corrected chi connectivity index (χ4v) is 7.55. The van der Waals surface area contributed by atoms with Crippen LogP contribution >= 0.6 is 0 Å². The van der Waals surface area contributed by atoms with Crippen LogP contribution in [0, 0.1) is 5.41 Å². The number of carbonyl (C=O) groups is 5. The number of amides is 2. The predicted octanol–water partition coefficient (Wildman–Crippen LogP) is 6.47. The summed E-state index contributed by atoms with van der Waals surface area (Å²) in [7, 11) is 3.73. The fourth-order valence-electron chi connectivity index (χ4n) is 7.55. The van der Waals surface area contributed by atoms with Gasteiger partial charge in [-0.3, -0.25) is 14.4 Å². The van der Waals surface area contributed by atoms with Crippen LogP contribution < -0.4 is 26.3 Å². The Balaban J connectivity index is 1.08. The van der Waals surface area contributed by atoms with Crippen LogP contribution in [-0.2, 0) is 11.3 Å². The maximum atomic E-state index is 13.4. The second-order valence-corrected chi connectivity index (χ2v) is 14.7. The van der Waals surface area contributed by atoms with Crippen LogP contribution in [0.25, 0.3) is 66.8 Å². The van der Waals surface area contributed by atoms with Crippen molar-refractivity contribution in [3.63, 3.8) is 0 Å². The van der Waals surface area contributed by atoms with Gasteiger partial charge in [-0.1, -0.05) is 12.1 Å². The van der Waals surface area contributed by atoms with E-state index in [9.17, 15) is 49.2 Å². The van der Waals surface area contributed by atoms with E-state index in [0.717, 1.165) is 11.8 Å². The summed E-state index contributed by atoms with van der Waals surface area (Å²) in [5, 5.41) is 55.3. The molecule has 2 heterocycles. The molecule has 0 saturated heterocycles. The smallest absolute Gasteiger partial charge is 0.336 e. The number of aromatic hydroxyl groups is 1. The first-order valence-electron chi connectivity index (χ1n) is 19.1. The number of hydrogen-bond donors (Lipinski definition) is 7. The van der Waals surface area contributed by atoms with E-state index in [1.807, 2.05) is 37.2 Å². The SMILES string of the molecule is CN(C)c1ccc2c(-c3ccc(C(=O)NCC(=O)NCc4c(O)ccc5c(-c6ccc(C(=O)O)cc6C(=O)O)c6ccc(=O)cc-6oc45)cc3C(=O)O)c3ccc(=N)cc-3oc2c1. The van der Waals surface area contributed by atoms with Crippen molar-refractivity contribution >= 4 is 57.3 Å². The Morgan fingerprint density at radius 3 is 1.90 bits per heavy atom. The van der Waals surface area contributed by atoms with Gasteiger partial charge in [0.1, 0.15) is 28.4 Å². The quantitative estimate of drug-likeness (QED) is 0.0689. The van der Waals surface area contributed by atoms with Gasteiger partial charge in [-0.05, 0) is 83.9 Å². The Kier molecular flexibility index (Phi) is 10.4. The van der Waals surface area contributed by atoms with Gasteiger partial charge in [-0.25, -0.2) is 14.4 Å². The van der Waals surface area contributed by atoms with Crippen molar-refractivity contribution in [2.75, 3.05) is 25.5 Å². The second kappa shape index (κ2) is 16.0. The highest BCUT2D eigenvalue weighted by Crippen LogP contribution is 2.45. The monoisotopic (exact) mass is 846 g/mol. The number of phenols is 1. The van der Waals surface area contributed by atoms with E-state index in [0.29, 0.717) is 33.4 Å². The number of aromatic carboxylic acids is 3. The molecular weight excluding hydrogens is 813 g/mol. The minimum atomic E-state index is -1.42. The summed E-state index contributed by atoms with van der Waals surface area (Å²) in [4.78, 5) is 77.8. The van der Waals surface area contributed by atoms with Gasteiger partial charge < -0.3 is 50.2 Å². The number of benzene rings is 6. The van der Waals surface area contributed by atoms with Crippen molar-refractivity contribution in [1.82, 2.24) is 10.6 Å². The number of carboxylic acid groups (broad SMARTS) is 3. The fraction of sp³-hybridized carbons (Fsp3) is 0.0851. The summed E-state index contributed by atoms with van der Waals surface area (Å²) in [5.74, 6) is -5.51. The molecule has 0 bridgehead atoms. The van der Waals surface area contributed by atoms with Crippen LogP contribution in [0.2, 0.25) is 0 Å². The molecule has 4 aliphatic rings. The number of fused-ring (bicyclic) bond motifs is 4. The van der Waals surface area contributed by atoms with Gasteiger partial charge in [0.25, 0.3) is 5.91 Å². The van der Waals surface area contributed by atoms with Gasteiger partial charge >= 0.3 is 17.9 Å². The highest BCUT2D eigenvalue weighted by atomic mass is 16.4. The largest absolute Gasteiger partial charge is 0.507 e. The van der Waals surface area contributed by atoms with Crippen molar-refractivity contribution in [1.29, 1.82) is 5.41 Å². The molecule has 0 saturated carbocycles. The van der Waals surface area contributed by atoms with Crippen molar-refractivity contribution in [2.45, 2.75) is 6.54 Å². The van der Waals surface area contributed by atoms with Crippen molar-refractivity contribution in [3.05, 3.63) is 147 Å². The van der Waals surface area contributed by atoms with Gasteiger partial charge in [0.15, 0.2) is 5.43 Å². The normalized spacial score (nSPS) is 11.2. The molecule has 7 N–H and O–H groups in total. The third-order valence-electron chi connectivity index (χ3n) is 10.6. The number of anilines is 1. The van der Waals surface area contributed by atoms with Crippen LogP contribution in [-0.4, -0.2) is 70.8 Å². The standard InChI is InChI=1S/C47H34N4O12/c1-51(2)25-6-11-30-38(18-25)62-37-17-24(48)5-10-29(37)41(30)27-8-3-22(15-33(27)46(58)59)44(55)50-21-40(54)49-20-35-36(53)14-13-32-42(31-12-7-26(52)19-39(31)63-43(32)35)28-9-4-23(45(56)57)16-34(28)47(60)61/h3-19,48,53H,20-21H2,1-2H3,(H,49,54)(H,50,55)(H,56,57)(H,58,59)(H,60,61). The number of nitrogens with one attached hydrogen (secondary N) is 3. The van der Waals surface area contributed by atoms with E-state index < -0.39 is 41.7 Å². The van der Waals surface area contributed by atoms with Crippen molar-refractivity contribution in [2.24, 2.45) is 0 Å². The first-order valence-corrected chi connectivity index (χ1v) is 19.1. The van der Waals surface area contributed by atoms with Crippen LogP contribution in [0.4, 0.5) is 5.69 Å². The van der Waals surface area contributed by atoms with E-state index in [4.69, 9.17) is 14.2 Å². The molecule has 0 atom stereocenters. The summed E-state index contributed by atoms with van der Waals surface area (Å²) in [5.41, 5.74) is 2.04. The number of carboxylic acids is 3. The Labute approximate surface area is 355 Å². The van der Waals surface area contributed by atoms with E-state index in [2.05, 4.69) is 10.6 Å². The van der Waals surface area contributed by atoms with Gasteiger partial charge in [-0.2, -0.15) is 0 Å². The third-order valence-corrected chi connectivity index (χ3v) is 10.6. The summed E-state index contributed by atoms with van der Waals surface area (Å²) in [6.45, 7) is -0.940. The molecule has 2 aliphatic heterocycles. The molecular formula is C47H34N4O12. The van der Waals surface area contributed by atoms with E-state index >= 15 is 0 Å². The molecule has 16 nitrogen and oxygen atoms in total. The van der Waals surface area contributed by atoms with Crippen LogP contribution in [0.15, 0.2) is 117 Å². The summed E-state index contributed by atoms with van der Waals surface area (Å²) in [6, 6.07) is 24.6. The van der Waals surface area contributed by atoms with Crippen LogP contribution in [0.1, 0.15) is 47.0 Å². The first-order chi connectivity index (χ1) is 30.1. The number of nitrogens with zero attached hydrogens (tertiary/aromatic N) is 1. The summed E-state index contributed by atoms with van der Waals surface area (Å²) < 4.78 is 12.3. The van der Waals surface area contributed by atoms with Crippen molar-refractivity contribution in [3.8, 4) is 50.7 Å². The Morgan fingerprint density at radius 2 is 1.24 bits per heavy atom. The molecule has 63 heavy (non-hydrogen) atoms. The molecule has 2 aliphatic carbocycles. The highest BCUT2D eigenvalue weighted by Gasteiger charge is 2.26. The zero-order valence-electron chi connectivity index (χ0n) is 33.2. The molecule has 8 rings (SSSR count). The average molecular weight is 847 g/mol. The average Bonchev–Trinajstić information content (AvgIpc) is 3.25. The Morgan fingerprint density at radius 1 is 0.635 bits per heavy atom. The van der Waals surface area contributed by atoms with Crippen LogP contribution in [0.3, 0.4) is 0 Å². The third kappa shape index (κ3) is 7.63. The summed E-state index contributed by atoms with van der Waals surface area (Å²) in [6.07, 6.45) is 0. The van der Waals surface area contributed by atoms with E-state index in [1.54, 1.807) is 12.1 Å². The lowest BCUT2D eigenvalue weighted by Gasteiger charge is -2.19. The van der Waals surface area contributed by atoms with Crippen LogP contribution in [0.5, 0.6) is 5.75 Å². The molecule has 0 radical (unpaired) electrons. The second-order valence-electron chi connectivity index (χ2n) is 14.7. The minimum absolute atomic E-state index is 0.0155. The number of rotatable bonds is 11. The molecule has 16 heteroatoms. The maximum Gasteiger partial charge on any atom is 0.336 e. The molecule has 0 aromatic heterocycles. The van der Waals surface area contributed by atoms with Crippen molar-refractivity contribution < 1.29 is 53.2 Å². The zero-order chi connectivity index (χ0) is 44.9. The number of hydrogen-bond acceptors (Lipinski definition) is 11. The number of carbonyl (C=O) groups excluding carboxylic acids is 2. The first kappa shape index (κ1) is 41.0. The predicted molar refractivity (Wildman–Crippen MR) is 230 cm³/mol. The molecule has 0 spiro atoms. The molecule has 314 valence electrons. The lowest BCUT2D eigenvalue weighted by Crippen LogP contribution is -2.36. The van der Waals surface area contributed by atoms with Gasteiger partial charge in [0, 0.05) is 76.6 Å². The van der Waals surface area contributed by atoms with Gasteiger partial charge in [0.05, 0.1) is 40.7 Å². The lowest BCUT2D eigenvalue weighted by molar-refractivity contribution is -0.120. The lowest BCUT2D eigenvalue weighted by atomic mass is 9.89. The molecule has 4 aromatic rings. The highest BCUT2D eigenvalue weighted by molar-refractivity contribution is 6.11. The topological polar surface area (TPSA) is 261 Å². The molecule has 0 unspecified atom stereocenters. The zero-order valence-corrected chi connectivity index (χ0v) is 33.2. The molecule has 0 fully saturated rings. The molecule has 4 aromatic carbocycles.